The molecule has 0 aliphatic carbocycles. The van der Waals surface area contributed by atoms with Gasteiger partial charge in [-0.1, -0.05) is 0 Å². The molecule has 1 saturated heterocycles. The molecule has 1 N–H and O–H groups in total. The minimum absolute atomic E-state index is 0.0256. The van der Waals surface area contributed by atoms with Crippen molar-refractivity contribution in [1.82, 2.24) is 15.0 Å². The molecule has 0 spiro atoms. The standard InChI is InChI=1S/C12H22N6O2/c1-13-10-14-11(17(2)3)16-12(15-10)18-6-8(19-4)9(7-18)20-5/h8-9H,6-7H2,1-5H3,(H,13,14,15,16). The van der Waals surface area contributed by atoms with Gasteiger partial charge < -0.3 is 24.6 Å². The predicted molar refractivity (Wildman–Crippen MR) is 77.5 cm³/mol. The van der Waals surface area contributed by atoms with Crippen molar-refractivity contribution in [3.63, 3.8) is 0 Å². The second-order valence-electron chi connectivity index (χ2n) is 4.86. The Labute approximate surface area is 119 Å². The molecule has 0 bridgehead atoms. The molecule has 0 amide bonds. The summed E-state index contributed by atoms with van der Waals surface area (Å²) in [7, 11) is 8.98. The van der Waals surface area contributed by atoms with Crippen LogP contribution in [0.1, 0.15) is 0 Å². The molecule has 1 aromatic heterocycles. The zero-order valence-corrected chi connectivity index (χ0v) is 12.6. The Morgan fingerprint density at radius 3 is 2.15 bits per heavy atom. The van der Waals surface area contributed by atoms with E-state index in [1.54, 1.807) is 21.3 Å². The lowest BCUT2D eigenvalue weighted by molar-refractivity contribution is -0.00461. The minimum Gasteiger partial charge on any atom is -0.377 e. The number of nitrogens with one attached hydrogen (secondary N) is 1. The van der Waals surface area contributed by atoms with Gasteiger partial charge in [0.25, 0.3) is 0 Å². The average Bonchev–Trinajstić information content (AvgIpc) is 2.89. The molecule has 1 aliphatic rings. The zero-order valence-electron chi connectivity index (χ0n) is 12.6. The lowest BCUT2D eigenvalue weighted by Gasteiger charge is -2.18. The molecule has 2 unspecified atom stereocenters. The summed E-state index contributed by atoms with van der Waals surface area (Å²) in [4.78, 5) is 17.1. The van der Waals surface area contributed by atoms with Crippen LogP contribution in [-0.4, -0.2) is 75.6 Å². The van der Waals surface area contributed by atoms with Crippen molar-refractivity contribution in [2.45, 2.75) is 12.2 Å². The molecule has 1 fully saturated rings. The number of hydrogen-bond acceptors (Lipinski definition) is 8. The van der Waals surface area contributed by atoms with Gasteiger partial charge in [-0.3, -0.25) is 0 Å². The normalized spacial score (nSPS) is 22.1. The van der Waals surface area contributed by atoms with E-state index in [0.717, 1.165) is 0 Å². The first-order valence-electron chi connectivity index (χ1n) is 6.50. The maximum Gasteiger partial charge on any atom is 0.232 e. The van der Waals surface area contributed by atoms with Crippen LogP contribution in [-0.2, 0) is 9.47 Å². The monoisotopic (exact) mass is 282 g/mol. The summed E-state index contributed by atoms with van der Waals surface area (Å²) in [5, 5.41) is 2.96. The third kappa shape index (κ3) is 2.91. The van der Waals surface area contributed by atoms with Crippen molar-refractivity contribution in [2.24, 2.45) is 0 Å². The van der Waals surface area contributed by atoms with Gasteiger partial charge in [-0.25, -0.2) is 0 Å². The van der Waals surface area contributed by atoms with Crippen LogP contribution in [0.4, 0.5) is 17.8 Å². The number of anilines is 3. The second kappa shape index (κ2) is 6.19. The summed E-state index contributed by atoms with van der Waals surface area (Å²) in [5.41, 5.74) is 0. The molecule has 1 aliphatic heterocycles. The Morgan fingerprint density at radius 1 is 1.10 bits per heavy atom. The Morgan fingerprint density at radius 2 is 1.70 bits per heavy atom. The van der Waals surface area contributed by atoms with Crippen LogP contribution in [0, 0.1) is 0 Å². The smallest absolute Gasteiger partial charge is 0.232 e. The van der Waals surface area contributed by atoms with Gasteiger partial charge in [0.1, 0.15) is 12.2 Å². The predicted octanol–water partition coefficient (Wildman–Crippen LogP) is -0.171. The zero-order chi connectivity index (χ0) is 14.7. The fraction of sp³-hybridized carbons (Fsp3) is 0.750. The molecule has 1 aromatic rings. The van der Waals surface area contributed by atoms with E-state index in [4.69, 9.17) is 9.47 Å². The third-order valence-corrected chi connectivity index (χ3v) is 3.34. The second-order valence-corrected chi connectivity index (χ2v) is 4.86. The number of ether oxygens (including phenoxy) is 2. The number of nitrogens with zero attached hydrogens (tertiary/aromatic N) is 5. The maximum absolute atomic E-state index is 5.44. The van der Waals surface area contributed by atoms with Gasteiger partial charge in [-0.2, -0.15) is 15.0 Å². The summed E-state index contributed by atoms with van der Waals surface area (Å²) in [6.45, 7) is 1.41. The van der Waals surface area contributed by atoms with E-state index in [9.17, 15) is 0 Å². The molecular formula is C12H22N6O2. The van der Waals surface area contributed by atoms with E-state index in [1.807, 2.05) is 19.0 Å². The topological polar surface area (TPSA) is 75.6 Å². The largest absolute Gasteiger partial charge is 0.377 e. The van der Waals surface area contributed by atoms with Gasteiger partial charge in [-0.15, -0.1) is 0 Å². The quantitative estimate of drug-likeness (QED) is 0.798. The number of rotatable bonds is 5. The van der Waals surface area contributed by atoms with E-state index < -0.39 is 0 Å². The molecule has 8 heteroatoms. The van der Waals surface area contributed by atoms with Gasteiger partial charge in [0.2, 0.25) is 17.8 Å². The molecule has 2 rings (SSSR count). The fourth-order valence-electron chi connectivity index (χ4n) is 2.17. The third-order valence-electron chi connectivity index (χ3n) is 3.34. The summed E-state index contributed by atoms with van der Waals surface area (Å²) in [5.74, 6) is 1.80. The number of hydrogen-bond donors (Lipinski definition) is 1. The van der Waals surface area contributed by atoms with Crippen LogP contribution in [0.15, 0.2) is 0 Å². The molecule has 0 aromatic carbocycles. The van der Waals surface area contributed by atoms with Crippen LogP contribution in [0.25, 0.3) is 0 Å². The van der Waals surface area contributed by atoms with Crippen molar-refractivity contribution in [1.29, 1.82) is 0 Å². The lowest BCUT2D eigenvalue weighted by atomic mass is 10.3. The van der Waals surface area contributed by atoms with Crippen molar-refractivity contribution in [3.8, 4) is 0 Å². The summed E-state index contributed by atoms with van der Waals surface area (Å²) < 4.78 is 10.9. The molecule has 0 radical (unpaired) electrons. The highest BCUT2D eigenvalue weighted by Crippen LogP contribution is 2.22. The first kappa shape index (κ1) is 14.7. The SMILES string of the molecule is CNc1nc(N(C)C)nc(N2CC(OC)C(OC)C2)n1. The van der Waals surface area contributed by atoms with Gasteiger partial charge in [0, 0.05) is 48.5 Å². The molecule has 2 atom stereocenters. The Kier molecular flexibility index (Phi) is 4.56. The van der Waals surface area contributed by atoms with E-state index in [0.29, 0.717) is 30.9 Å². The van der Waals surface area contributed by atoms with Crippen molar-refractivity contribution < 1.29 is 9.47 Å². The van der Waals surface area contributed by atoms with Gasteiger partial charge in [-0.05, 0) is 0 Å². The van der Waals surface area contributed by atoms with E-state index in [2.05, 4.69) is 25.2 Å². The summed E-state index contributed by atoms with van der Waals surface area (Å²) in [6.07, 6.45) is 0.0511. The lowest BCUT2D eigenvalue weighted by Crippen LogP contribution is -2.27. The highest BCUT2D eigenvalue weighted by atomic mass is 16.5. The van der Waals surface area contributed by atoms with Crippen LogP contribution in [0.5, 0.6) is 0 Å². The van der Waals surface area contributed by atoms with Crippen LogP contribution < -0.4 is 15.1 Å². The van der Waals surface area contributed by atoms with Gasteiger partial charge in [0.05, 0.1) is 0 Å². The Hall–Kier alpha value is -1.67. The highest BCUT2D eigenvalue weighted by Gasteiger charge is 2.34. The van der Waals surface area contributed by atoms with Crippen LogP contribution in [0.3, 0.4) is 0 Å². The van der Waals surface area contributed by atoms with E-state index in [-0.39, 0.29) is 12.2 Å². The first-order chi connectivity index (χ1) is 9.58. The first-order valence-corrected chi connectivity index (χ1v) is 6.50. The number of methoxy groups -OCH3 is 2. The molecule has 8 nitrogen and oxygen atoms in total. The van der Waals surface area contributed by atoms with Crippen molar-refractivity contribution in [3.05, 3.63) is 0 Å². The molecule has 20 heavy (non-hydrogen) atoms. The molecular weight excluding hydrogens is 260 g/mol. The number of aromatic nitrogens is 3. The fourth-order valence-corrected chi connectivity index (χ4v) is 2.17. The minimum atomic E-state index is 0.0256. The maximum atomic E-state index is 5.44. The molecule has 2 heterocycles. The van der Waals surface area contributed by atoms with Crippen LogP contribution in [0.2, 0.25) is 0 Å². The van der Waals surface area contributed by atoms with Gasteiger partial charge in [0.15, 0.2) is 0 Å². The summed E-state index contributed by atoms with van der Waals surface area (Å²) >= 11 is 0. The highest BCUT2D eigenvalue weighted by molar-refractivity contribution is 5.45. The van der Waals surface area contributed by atoms with Gasteiger partial charge >= 0.3 is 0 Å². The molecule has 112 valence electrons. The summed E-state index contributed by atoms with van der Waals surface area (Å²) in [6, 6.07) is 0. The van der Waals surface area contributed by atoms with E-state index >= 15 is 0 Å². The Balaban J connectivity index is 2.26. The van der Waals surface area contributed by atoms with Crippen LogP contribution >= 0.6 is 0 Å². The van der Waals surface area contributed by atoms with E-state index in [1.165, 1.54) is 0 Å². The average molecular weight is 282 g/mol. The van der Waals surface area contributed by atoms with Crippen molar-refractivity contribution in [2.75, 3.05) is 63.6 Å². The molecule has 0 saturated carbocycles. The van der Waals surface area contributed by atoms with Crippen molar-refractivity contribution >= 4 is 17.8 Å². The Bertz CT molecular complexity index is 444.